The molecule has 26 heavy (non-hydrogen) atoms. The topological polar surface area (TPSA) is 63.4 Å². The molecule has 1 fully saturated rings. The molecule has 1 N–H and O–H groups in total. The summed E-state index contributed by atoms with van der Waals surface area (Å²) in [4.78, 5) is 6.41. The van der Waals surface area contributed by atoms with Crippen LogP contribution in [0, 0.1) is 6.92 Å². The molecule has 1 aliphatic rings. The molecule has 0 spiro atoms. The van der Waals surface area contributed by atoms with Crippen molar-refractivity contribution in [2.24, 2.45) is 7.05 Å². The molecule has 2 atom stereocenters. The third-order valence-corrected chi connectivity index (χ3v) is 4.99. The maximum atomic E-state index is 10.6. The Morgan fingerprint density at radius 1 is 1.23 bits per heavy atom. The molecule has 4 rings (SSSR count). The number of hydrogen-bond acceptors (Lipinski definition) is 5. The SMILES string of the molecule is Cc1cc(CN2CC[C@@H](Oc3ccc4ccncc4c3)[C@H](O)C2)n(C)n1. The Kier molecular flexibility index (Phi) is 4.61. The van der Waals surface area contributed by atoms with Crippen molar-refractivity contribution in [3.05, 3.63) is 54.1 Å². The number of rotatable bonds is 4. The Balaban J connectivity index is 1.39. The third-order valence-electron chi connectivity index (χ3n) is 4.99. The first kappa shape index (κ1) is 17.0. The van der Waals surface area contributed by atoms with Gasteiger partial charge in [-0.05, 0) is 43.0 Å². The monoisotopic (exact) mass is 352 g/mol. The zero-order valence-electron chi connectivity index (χ0n) is 15.2. The summed E-state index contributed by atoms with van der Waals surface area (Å²) >= 11 is 0. The van der Waals surface area contributed by atoms with Crippen molar-refractivity contribution < 1.29 is 9.84 Å². The average Bonchev–Trinajstić information content (AvgIpc) is 2.94. The zero-order valence-corrected chi connectivity index (χ0v) is 15.2. The lowest BCUT2D eigenvalue weighted by atomic mass is 10.0. The predicted octanol–water partition coefficient (Wildman–Crippen LogP) is 2.29. The molecule has 0 aliphatic carbocycles. The molecule has 136 valence electrons. The number of β-amino-alcohol motifs (C(OH)–C–C–N with tert-alkyl or cyclic N) is 1. The van der Waals surface area contributed by atoms with Gasteiger partial charge in [-0.2, -0.15) is 5.10 Å². The summed E-state index contributed by atoms with van der Waals surface area (Å²) in [5.74, 6) is 0.783. The molecule has 1 aliphatic heterocycles. The lowest BCUT2D eigenvalue weighted by Gasteiger charge is -2.35. The van der Waals surface area contributed by atoms with Crippen LogP contribution in [0.1, 0.15) is 17.8 Å². The number of likely N-dealkylation sites (tertiary alicyclic amines) is 1. The van der Waals surface area contributed by atoms with E-state index in [0.29, 0.717) is 6.54 Å². The summed E-state index contributed by atoms with van der Waals surface area (Å²) in [6.45, 7) is 4.28. The molecule has 0 saturated carbocycles. The minimum Gasteiger partial charge on any atom is -0.488 e. The minimum absolute atomic E-state index is 0.186. The number of aliphatic hydroxyl groups is 1. The number of ether oxygens (including phenoxy) is 1. The normalized spacial score (nSPS) is 21.2. The first-order chi connectivity index (χ1) is 12.6. The van der Waals surface area contributed by atoms with E-state index in [4.69, 9.17) is 4.74 Å². The van der Waals surface area contributed by atoms with E-state index in [1.165, 1.54) is 0 Å². The number of nitrogens with zero attached hydrogens (tertiary/aromatic N) is 4. The number of aromatic nitrogens is 3. The average molecular weight is 352 g/mol. The van der Waals surface area contributed by atoms with Gasteiger partial charge in [-0.15, -0.1) is 0 Å². The summed E-state index contributed by atoms with van der Waals surface area (Å²) in [7, 11) is 1.96. The zero-order chi connectivity index (χ0) is 18.1. The molecular weight excluding hydrogens is 328 g/mol. The summed E-state index contributed by atoms with van der Waals surface area (Å²) in [5, 5.41) is 17.1. The maximum Gasteiger partial charge on any atom is 0.127 e. The molecule has 6 heteroatoms. The van der Waals surface area contributed by atoms with E-state index in [2.05, 4.69) is 21.0 Å². The van der Waals surface area contributed by atoms with E-state index in [0.717, 1.165) is 47.4 Å². The van der Waals surface area contributed by atoms with Gasteiger partial charge in [0.05, 0.1) is 11.4 Å². The Morgan fingerprint density at radius 3 is 2.88 bits per heavy atom. The van der Waals surface area contributed by atoms with Crippen LogP contribution in [-0.4, -0.2) is 50.1 Å². The van der Waals surface area contributed by atoms with E-state index in [1.807, 2.05) is 49.1 Å². The molecule has 3 aromatic rings. The van der Waals surface area contributed by atoms with Crippen molar-refractivity contribution in [3.63, 3.8) is 0 Å². The van der Waals surface area contributed by atoms with Crippen molar-refractivity contribution in [2.45, 2.75) is 32.1 Å². The second-order valence-corrected chi connectivity index (χ2v) is 7.03. The number of aryl methyl sites for hydroxylation is 2. The molecule has 0 unspecified atom stereocenters. The van der Waals surface area contributed by atoms with Crippen molar-refractivity contribution in [3.8, 4) is 5.75 Å². The number of aliphatic hydroxyl groups excluding tert-OH is 1. The Hall–Kier alpha value is -2.44. The van der Waals surface area contributed by atoms with Gasteiger partial charge < -0.3 is 9.84 Å². The van der Waals surface area contributed by atoms with Gasteiger partial charge in [0.15, 0.2) is 0 Å². The van der Waals surface area contributed by atoms with E-state index >= 15 is 0 Å². The maximum absolute atomic E-state index is 10.6. The Bertz CT molecular complexity index is 908. The summed E-state index contributed by atoms with van der Waals surface area (Å²) < 4.78 is 7.99. The van der Waals surface area contributed by atoms with E-state index in [-0.39, 0.29) is 6.10 Å². The first-order valence-electron chi connectivity index (χ1n) is 8.99. The highest BCUT2D eigenvalue weighted by Gasteiger charge is 2.29. The number of pyridine rings is 1. The van der Waals surface area contributed by atoms with Crippen LogP contribution in [-0.2, 0) is 13.6 Å². The van der Waals surface area contributed by atoms with Gasteiger partial charge in [-0.3, -0.25) is 14.6 Å². The van der Waals surface area contributed by atoms with Crippen LogP contribution in [0.4, 0.5) is 0 Å². The van der Waals surface area contributed by atoms with Crippen LogP contribution in [0.5, 0.6) is 5.75 Å². The second-order valence-electron chi connectivity index (χ2n) is 7.03. The van der Waals surface area contributed by atoms with Crippen molar-refractivity contribution in [2.75, 3.05) is 13.1 Å². The summed E-state index contributed by atoms with van der Waals surface area (Å²) in [6, 6.07) is 10.0. The smallest absolute Gasteiger partial charge is 0.127 e. The van der Waals surface area contributed by atoms with Gasteiger partial charge in [0.25, 0.3) is 0 Å². The van der Waals surface area contributed by atoms with Crippen LogP contribution >= 0.6 is 0 Å². The molecule has 1 saturated heterocycles. The van der Waals surface area contributed by atoms with E-state index < -0.39 is 6.10 Å². The standard InChI is InChI=1S/C20H24N4O2/c1-14-9-17(23(2)22-14)12-24-8-6-20(19(25)13-24)26-18-4-3-15-5-7-21-11-16(15)10-18/h3-5,7,9-11,19-20,25H,6,8,12-13H2,1-2H3/t19-,20-/m1/s1. The van der Waals surface area contributed by atoms with Gasteiger partial charge in [-0.25, -0.2) is 0 Å². The second kappa shape index (κ2) is 7.05. The Labute approximate surface area is 153 Å². The lowest BCUT2D eigenvalue weighted by Crippen LogP contribution is -2.48. The van der Waals surface area contributed by atoms with Gasteiger partial charge in [0.1, 0.15) is 18.0 Å². The van der Waals surface area contributed by atoms with Gasteiger partial charge in [0, 0.05) is 44.5 Å². The highest BCUT2D eigenvalue weighted by molar-refractivity contribution is 5.82. The Morgan fingerprint density at radius 2 is 2.12 bits per heavy atom. The molecule has 0 radical (unpaired) electrons. The number of hydrogen-bond donors (Lipinski definition) is 1. The number of piperidine rings is 1. The summed E-state index contributed by atoms with van der Waals surface area (Å²) in [5.41, 5.74) is 2.18. The number of fused-ring (bicyclic) bond motifs is 1. The van der Waals surface area contributed by atoms with Crippen molar-refractivity contribution >= 4 is 10.8 Å². The van der Waals surface area contributed by atoms with Gasteiger partial charge >= 0.3 is 0 Å². The predicted molar refractivity (Wildman–Crippen MR) is 100 cm³/mol. The fourth-order valence-corrected chi connectivity index (χ4v) is 3.61. The van der Waals surface area contributed by atoms with Crippen molar-refractivity contribution in [1.29, 1.82) is 0 Å². The molecule has 0 amide bonds. The quantitative estimate of drug-likeness (QED) is 0.781. The fourth-order valence-electron chi connectivity index (χ4n) is 3.61. The van der Waals surface area contributed by atoms with Crippen LogP contribution in [0.3, 0.4) is 0 Å². The molecule has 6 nitrogen and oxygen atoms in total. The highest BCUT2D eigenvalue weighted by Crippen LogP contribution is 2.24. The minimum atomic E-state index is -0.511. The molecular formula is C20H24N4O2. The van der Waals surface area contributed by atoms with Crippen LogP contribution in [0.15, 0.2) is 42.7 Å². The van der Waals surface area contributed by atoms with E-state index in [1.54, 1.807) is 6.20 Å². The fraction of sp³-hybridized carbons (Fsp3) is 0.400. The van der Waals surface area contributed by atoms with Crippen LogP contribution in [0.2, 0.25) is 0 Å². The summed E-state index contributed by atoms with van der Waals surface area (Å²) in [6.07, 6.45) is 3.71. The van der Waals surface area contributed by atoms with Gasteiger partial charge in [-0.1, -0.05) is 6.07 Å². The molecule has 3 heterocycles. The first-order valence-corrected chi connectivity index (χ1v) is 8.99. The molecule has 0 bridgehead atoms. The molecule has 2 aromatic heterocycles. The number of benzene rings is 1. The largest absolute Gasteiger partial charge is 0.488 e. The highest BCUT2D eigenvalue weighted by atomic mass is 16.5. The van der Waals surface area contributed by atoms with E-state index in [9.17, 15) is 5.11 Å². The third kappa shape index (κ3) is 3.57. The van der Waals surface area contributed by atoms with Crippen LogP contribution < -0.4 is 4.74 Å². The molecule has 1 aromatic carbocycles. The van der Waals surface area contributed by atoms with Gasteiger partial charge in [0.2, 0.25) is 0 Å². The van der Waals surface area contributed by atoms with Crippen LogP contribution in [0.25, 0.3) is 10.8 Å². The van der Waals surface area contributed by atoms with Crippen molar-refractivity contribution in [1.82, 2.24) is 19.7 Å². The lowest BCUT2D eigenvalue weighted by molar-refractivity contribution is -0.0279.